The van der Waals surface area contributed by atoms with Gasteiger partial charge in [-0.1, -0.05) is 0 Å². The Morgan fingerprint density at radius 1 is 1.19 bits per heavy atom. The molecule has 0 aliphatic heterocycles. The summed E-state index contributed by atoms with van der Waals surface area (Å²) >= 11 is 0. The molecule has 0 aliphatic carbocycles. The Kier molecular flexibility index (Phi) is 7.19. The van der Waals surface area contributed by atoms with Gasteiger partial charge >= 0.3 is 0 Å². The van der Waals surface area contributed by atoms with Crippen molar-refractivity contribution in [3.05, 3.63) is 0 Å². The fraction of sp³-hybridized carbons (Fsp3) is 1.00. The molecule has 0 radical (unpaired) electrons. The van der Waals surface area contributed by atoms with Gasteiger partial charge in [0.1, 0.15) is 0 Å². The van der Waals surface area contributed by atoms with E-state index in [0.29, 0.717) is 26.2 Å². The highest BCUT2D eigenvalue weighted by molar-refractivity contribution is 7.91. The lowest BCUT2D eigenvalue weighted by atomic mass is 10.1. The van der Waals surface area contributed by atoms with Crippen LogP contribution in [0.2, 0.25) is 0 Å². The summed E-state index contributed by atoms with van der Waals surface area (Å²) in [6.07, 6.45) is 0.589. The van der Waals surface area contributed by atoms with Crippen LogP contribution in [0, 0.1) is 0 Å². The van der Waals surface area contributed by atoms with E-state index in [1.165, 1.54) is 0 Å². The topological polar surface area (TPSA) is 55.4 Å². The Morgan fingerprint density at radius 3 is 2.31 bits per heavy atom. The van der Waals surface area contributed by atoms with Crippen molar-refractivity contribution < 1.29 is 13.2 Å². The van der Waals surface area contributed by atoms with E-state index in [2.05, 4.69) is 5.32 Å². The van der Waals surface area contributed by atoms with Crippen LogP contribution in [0.25, 0.3) is 0 Å². The Morgan fingerprint density at radius 2 is 1.81 bits per heavy atom. The number of hydrogen-bond acceptors (Lipinski definition) is 4. The number of nitrogens with one attached hydrogen (secondary N) is 1. The van der Waals surface area contributed by atoms with Crippen LogP contribution in [0.3, 0.4) is 0 Å². The van der Waals surface area contributed by atoms with Gasteiger partial charge in [-0.05, 0) is 34.1 Å². The minimum absolute atomic E-state index is 0.0269. The van der Waals surface area contributed by atoms with Crippen molar-refractivity contribution in [3.63, 3.8) is 0 Å². The van der Waals surface area contributed by atoms with Gasteiger partial charge in [0.25, 0.3) is 0 Å². The maximum Gasteiger partial charge on any atom is 0.151 e. The Bertz CT molecular complexity index is 267. The van der Waals surface area contributed by atoms with Gasteiger partial charge in [0.05, 0.1) is 11.5 Å². The Labute approximate surface area is 99.7 Å². The number of hydrogen-bond donors (Lipinski definition) is 1. The zero-order valence-corrected chi connectivity index (χ0v) is 11.7. The van der Waals surface area contributed by atoms with E-state index < -0.39 is 9.84 Å². The summed E-state index contributed by atoms with van der Waals surface area (Å²) in [6.45, 7) is 9.66. The molecule has 0 aromatic carbocycles. The van der Waals surface area contributed by atoms with Crippen LogP contribution in [0.5, 0.6) is 0 Å². The molecule has 0 bridgehead atoms. The van der Waals surface area contributed by atoms with Crippen molar-refractivity contribution in [2.75, 3.05) is 31.3 Å². The second kappa shape index (κ2) is 7.25. The van der Waals surface area contributed by atoms with Gasteiger partial charge in [-0.25, -0.2) is 8.42 Å². The van der Waals surface area contributed by atoms with Gasteiger partial charge in [-0.2, -0.15) is 0 Å². The molecule has 1 N–H and O–H groups in total. The molecule has 0 fully saturated rings. The lowest BCUT2D eigenvalue weighted by Crippen LogP contribution is -2.39. The van der Waals surface area contributed by atoms with E-state index in [0.717, 1.165) is 0 Å². The maximum absolute atomic E-state index is 11.6. The molecule has 0 saturated heterocycles. The molecule has 98 valence electrons. The first-order valence-corrected chi connectivity index (χ1v) is 7.62. The van der Waals surface area contributed by atoms with E-state index in [1.54, 1.807) is 0 Å². The normalized spacial score (nSPS) is 13.0. The molecule has 0 aromatic heterocycles. The highest BCUT2D eigenvalue weighted by Gasteiger charge is 2.13. The minimum atomic E-state index is -2.93. The molecule has 4 nitrogen and oxygen atoms in total. The summed E-state index contributed by atoms with van der Waals surface area (Å²) in [5.74, 6) is 0.426. The molecule has 0 unspecified atom stereocenters. The number of ether oxygens (including phenoxy) is 1. The van der Waals surface area contributed by atoms with Gasteiger partial charge in [0.2, 0.25) is 0 Å². The van der Waals surface area contributed by atoms with Gasteiger partial charge in [0, 0.05) is 25.3 Å². The van der Waals surface area contributed by atoms with Gasteiger partial charge in [-0.15, -0.1) is 0 Å². The minimum Gasteiger partial charge on any atom is -0.382 e. The van der Waals surface area contributed by atoms with Crippen LogP contribution in [-0.2, 0) is 14.6 Å². The van der Waals surface area contributed by atoms with E-state index in [1.807, 2.05) is 27.7 Å². The highest BCUT2D eigenvalue weighted by Crippen LogP contribution is 1.99. The summed E-state index contributed by atoms with van der Waals surface area (Å²) in [5, 5.41) is 3.17. The fourth-order valence-electron chi connectivity index (χ4n) is 1.21. The lowest BCUT2D eigenvalue weighted by molar-refractivity contribution is 0.148. The number of rotatable bonds is 8. The van der Waals surface area contributed by atoms with Crippen LogP contribution in [0.1, 0.15) is 34.1 Å². The van der Waals surface area contributed by atoms with E-state index in [-0.39, 0.29) is 17.0 Å². The summed E-state index contributed by atoms with van der Waals surface area (Å²) < 4.78 is 28.3. The smallest absolute Gasteiger partial charge is 0.151 e. The quantitative estimate of drug-likeness (QED) is 0.659. The van der Waals surface area contributed by atoms with Gasteiger partial charge < -0.3 is 10.1 Å². The van der Waals surface area contributed by atoms with E-state index in [9.17, 15) is 8.42 Å². The second-order valence-corrected chi connectivity index (χ2v) is 7.18. The average molecular weight is 251 g/mol. The molecule has 5 heteroatoms. The van der Waals surface area contributed by atoms with Crippen molar-refractivity contribution >= 4 is 9.84 Å². The van der Waals surface area contributed by atoms with Crippen molar-refractivity contribution in [1.82, 2.24) is 5.32 Å². The molecule has 0 heterocycles. The van der Waals surface area contributed by atoms with Crippen molar-refractivity contribution in [3.8, 4) is 0 Å². The van der Waals surface area contributed by atoms with Crippen LogP contribution in [0.4, 0.5) is 0 Å². The maximum atomic E-state index is 11.6. The van der Waals surface area contributed by atoms with Crippen molar-refractivity contribution in [2.45, 2.75) is 39.7 Å². The fourth-order valence-corrected chi connectivity index (χ4v) is 2.38. The first-order chi connectivity index (χ1) is 7.27. The Balaban J connectivity index is 3.71. The largest absolute Gasteiger partial charge is 0.382 e. The van der Waals surface area contributed by atoms with Crippen molar-refractivity contribution in [2.24, 2.45) is 0 Å². The van der Waals surface area contributed by atoms with Gasteiger partial charge in [-0.3, -0.25) is 0 Å². The first-order valence-electron chi connectivity index (χ1n) is 5.80. The monoisotopic (exact) mass is 251 g/mol. The third-order valence-electron chi connectivity index (χ3n) is 2.02. The molecule has 0 spiro atoms. The lowest BCUT2D eigenvalue weighted by Gasteiger charge is -2.20. The molecule has 0 aliphatic rings. The Hall–Kier alpha value is -0.130. The van der Waals surface area contributed by atoms with Crippen LogP contribution in [-0.4, -0.2) is 45.2 Å². The van der Waals surface area contributed by atoms with E-state index >= 15 is 0 Å². The summed E-state index contributed by atoms with van der Waals surface area (Å²) in [7, 11) is -2.93. The standard InChI is InChI=1S/C11H25NO3S/c1-5-15-8-6-9-16(13,14)10-7-12-11(2,3)4/h12H,5-10H2,1-4H3. The molecule has 0 rings (SSSR count). The second-order valence-electron chi connectivity index (χ2n) is 4.88. The molecule has 0 atom stereocenters. The van der Waals surface area contributed by atoms with Crippen LogP contribution in [0.15, 0.2) is 0 Å². The highest BCUT2D eigenvalue weighted by atomic mass is 32.2. The third kappa shape index (κ3) is 10.4. The number of sulfone groups is 1. The molecule has 0 saturated carbocycles. The first kappa shape index (κ1) is 15.9. The molecular weight excluding hydrogens is 226 g/mol. The average Bonchev–Trinajstić information content (AvgIpc) is 2.10. The zero-order valence-electron chi connectivity index (χ0n) is 10.9. The molecule has 16 heavy (non-hydrogen) atoms. The summed E-state index contributed by atoms with van der Waals surface area (Å²) in [4.78, 5) is 0. The van der Waals surface area contributed by atoms with E-state index in [4.69, 9.17) is 4.74 Å². The third-order valence-corrected chi connectivity index (χ3v) is 3.75. The molecule has 0 amide bonds. The molecular formula is C11H25NO3S. The van der Waals surface area contributed by atoms with Gasteiger partial charge in [0.15, 0.2) is 9.84 Å². The summed E-state index contributed by atoms with van der Waals surface area (Å²) in [5.41, 5.74) is -0.0269. The predicted octanol–water partition coefficient (Wildman–Crippen LogP) is 1.22. The van der Waals surface area contributed by atoms with Crippen molar-refractivity contribution in [1.29, 1.82) is 0 Å². The SMILES string of the molecule is CCOCCCS(=O)(=O)CCNC(C)(C)C. The predicted molar refractivity (Wildman–Crippen MR) is 67.5 cm³/mol. The van der Waals surface area contributed by atoms with Crippen LogP contribution < -0.4 is 5.32 Å². The molecule has 0 aromatic rings. The zero-order chi connectivity index (χ0) is 12.7. The summed E-state index contributed by atoms with van der Waals surface area (Å²) in [6, 6.07) is 0. The van der Waals surface area contributed by atoms with Crippen LogP contribution >= 0.6 is 0 Å².